The Kier molecular flexibility index (Phi) is 10.4. The van der Waals surface area contributed by atoms with Crippen LogP contribution in [-0.4, -0.2) is 23.6 Å². The molecule has 1 aromatic heterocycles. The van der Waals surface area contributed by atoms with Gasteiger partial charge in [0.15, 0.2) is 5.96 Å². The number of halogens is 1. The zero-order chi connectivity index (χ0) is 18.9. The van der Waals surface area contributed by atoms with E-state index in [4.69, 9.17) is 9.15 Å². The van der Waals surface area contributed by atoms with Crippen LogP contribution < -0.4 is 10.6 Å². The predicted octanol–water partition coefficient (Wildman–Crippen LogP) is 4.09. The van der Waals surface area contributed by atoms with Gasteiger partial charge in [-0.25, -0.2) is 9.98 Å². The van der Waals surface area contributed by atoms with Gasteiger partial charge in [0.25, 0.3) is 0 Å². The standard InChI is InChI=1S/C20H30N4O2.HI/c1-6-21-20(23-12-19-24-15(4)16(5)26-19)22-11-17-7-9-18(10-8-17)13-25-14(2)3;/h7-10,14H,6,11-13H2,1-5H3,(H2,21,22,23);1H. The zero-order valence-electron chi connectivity index (χ0n) is 16.8. The number of aryl methyl sites for hydroxylation is 2. The van der Waals surface area contributed by atoms with Crippen LogP contribution in [0, 0.1) is 13.8 Å². The van der Waals surface area contributed by atoms with E-state index >= 15 is 0 Å². The lowest BCUT2D eigenvalue weighted by Crippen LogP contribution is -2.36. The van der Waals surface area contributed by atoms with Crippen LogP contribution in [0.3, 0.4) is 0 Å². The average molecular weight is 486 g/mol. The first-order valence-electron chi connectivity index (χ1n) is 9.12. The Morgan fingerprint density at radius 2 is 1.81 bits per heavy atom. The maximum atomic E-state index is 5.62. The summed E-state index contributed by atoms with van der Waals surface area (Å²) in [5.74, 6) is 2.26. The summed E-state index contributed by atoms with van der Waals surface area (Å²) in [5, 5.41) is 6.49. The van der Waals surface area contributed by atoms with Crippen molar-refractivity contribution >= 4 is 29.9 Å². The molecule has 0 aliphatic heterocycles. The molecular weight excluding hydrogens is 455 g/mol. The van der Waals surface area contributed by atoms with E-state index < -0.39 is 0 Å². The number of rotatable bonds is 8. The molecule has 0 atom stereocenters. The molecule has 27 heavy (non-hydrogen) atoms. The highest BCUT2D eigenvalue weighted by Crippen LogP contribution is 2.09. The van der Waals surface area contributed by atoms with Gasteiger partial charge in [0, 0.05) is 6.54 Å². The van der Waals surface area contributed by atoms with Gasteiger partial charge in [-0.05, 0) is 45.7 Å². The summed E-state index contributed by atoms with van der Waals surface area (Å²) < 4.78 is 11.2. The van der Waals surface area contributed by atoms with Crippen molar-refractivity contribution in [2.45, 2.75) is 60.4 Å². The smallest absolute Gasteiger partial charge is 0.214 e. The van der Waals surface area contributed by atoms with Gasteiger partial charge in [0.05, 0.1) is 31.5 Å². The van der Waals surface area contributed by atoms with Gasteiger partial charge in [0.1, 0.15) is 5.76 Å². The average Bonchev–Trinajstić information content (AvgIpc) is 2.94. The van der Waals surface area contributed by atoms with Gasteiger partial charge in [-0.3, -0.25) is 0 Å². The summed E-state index contributed by atoms with van der Waals surface area (Å²) in [5.41, 5.74) is 3.25. The van der Waals surface area contributed by atoms with Crippen LogP contribution in [-0.2, 0) is 24.4 Å². The van der Waals surface area contributed by atoms with Crippen molar-refractivity contribution in [3.8, 4) is 0 Å². The Bertz CT molecular complexity index is 692. The maximum Gasteiger partial charge on any atom is 0.214 e. The van der Waals surface area contributed by atoms with E-state index in [0.29, 0.717) is 25.6 Å². The minimum atomic E-state index is 0. The third kappa shape index (κ3) is 8.30. The highest BCUT2D eigenvalue weighted by atomic mass is 127. The quantitative estimate of drug-likeness (QED) is 0.334. The van der Waals surface area contributed by atoms with Crippen LogP contribution in [0.5, 0.6) is 0 Å². The Hall–Kier alpha value is -1.61. The number of aromatic nitrogens is 1. The fourth-order valence-corrected chi connectivity index (χ4v) is 2.29. The van der Waals surface area contributed by atoms with Crippen molar-refractivity contribution < 1.29 is 9.15 Å². The number of aliphatic imine (C=N–C) groups is 1. The minimum Gasteiger partial charge on any atom is -0.444 e. The minimum absolute atomic E-state index is 0. The lowest BCUT2D eigenvalue weighted by Gasteiger charge is -2.10. The van der Waals surface area contributed by atoms with Crippen molar-refractivity contribution in [1.82, 2.24) is 15.6 Å². The van der Waals surface area contributed by atoms with E-state index in [1.165, 1.54) is 5.56 Å². The summed E-state index contributed by atoms with van der Waals surface area (Å²) >= 11 is 0. The van der Waals surface area contributed by atoms with Gasteiger partial charge in [-0.2, -0.15) is 0 Å². The van der Waals surface area contributed by atoms with Gasteiger partial charge in [-0.15, -0.1) is 24.0 Å². The lowest BCUT2D eigenvalue weighted by atomic mass is 10.1. The van der Waals surface area contributed by atoms with Crippen molar-refractivity contribution in [2.75, 3.05) is 6.54 Å². The summed E-state index contributed by atoms with van der Waals surface area (Å²) in [4.78, 5) is 9.00. The van der Waals surface area contributed by atoms with Crippen LogP contribution in [0.1, 0.15) is 49.2 Å². The normalized spacial score (nSPS) is 11.4. The summed E-state index contributed by atoms with van der Waals surface area (Å²) in [7, 11) is 0. The molecule has 0 radical (unpaired) electrons. The first-order valence-corrected chi connectivity index (χ1v) is 9.12. The summed E-state index contributed by atoms with van der Waals surface area (Å²) in [6, 6.07) is 8.36. The van der Waals surface area contributed by atoms with E-state index in [-0.39, 0.29) is 30.1 Å². The molecule has 1 aromatic carbocycles. The molecule has 1 heterocycles. The maximum absolute atomic E-state index is 5.62. The molecule has 0 bridgehead atoms. The number of ether oxygens (including phenoxy) is 1. The molecule has 7 heteroatoms. The van der Waals surface area contributed by atoms with Crippen molar-refractivity contribution in [2.24, 2.45) is 4.99 Å². The lowest BCUT2D eigenvalue weighted by molar-refractivity contribution is 0.0657. The molecule has 2 N–H and O–H groups in total. The van der Waals surface area contributed by atoms with E-state index in [9.17, 15) is 0 Å². The number of oxazole rings is 1. The van der Waals surface area contributed by atoms with Gasteiger partial charge in [0.2, 0.25) is 5.89 Å². The number of hydrogen-bond acceptors (Lipinski definition) is 4. The first-order chi connectivity index (χ1) is 12.5. The van der Waals surface area contributed by atoms with Crippen LogP contribution in [0.4, 0.5) is 0 Å². The highest BCUT2D eigenvalue weighted by molar-refractivity contribution is 14.0. The number of benzene rings is 1. The third-order valence-electron chi connectivity index (χ3n) is 3.85. The highest BCUT2D eigenvalue weighted by Gasteiger charge is 2.06. The van der Waals surface area contributed by atoms with Crippen LogP contribution in [0.2, 0.25) is 0 Å². The van der Waals surface area contributed by atoms with Crippen molar-refractivity contribution in [3.05, 3.63) is 52.7 Å². The van der Waals surface area contributed by atoms with Gasteiger partial charge in [-0.1, -0.05) is 24.3 Å². The molecule has 2 rings (SSSR count). The Morgan fingerprint density at radius 1 is 1.15 bits per heavy atom. The molecule has 0 spiro atoms. The molecule has 2 aromatic rings. The zero-order valence-corrected chi connectivity index (χ0v) is 19.2. The van der Waals surface area contributed by atoms with E-state index in [1.54, 1.807) is 0 Å². The number of nitrogens with one attached hydrogen (secondary N) is 2. The van der Waals surface area contributed by atoms with E-state index in [1.807, 2.05) is 34.6 Å². The number of hydrogen-bond donors (Lipinski definition) is 2. The molecule has 0 aliphatic rings. The molecule has 0 fully saturated rings. The van der Waals surface area contributed by atoms with Crippen molar-refractivity contribution in [1.29, 1.82) is 0 Å². The van der Waals surface area contributed by atoms with Gasteiger partial charge >= 0.3 is 0 Å². The SMILES string of the molecule is CCNC(=NCc1ccc(COC(C)C)cc1)NCc1nc(C)c(C)o1.I. The third-order valence-corrected chi connectivity index (χ3v) is 3.85. The van der Waals surface area contributed by atoms with Crippen LogP contribution in [0.15, 0.2) is 33.7 Å². The fourth-order valence-electron chi connectivity index (χ4n) is 2.29. The van der Waals surface area contributed by atoms with Crippen LogP contribution in [0.25, 0.3) is 0 Å². The molecule has 0 amide bonds. The first kappa shape index (κ1) is 23.4. The molecule has 0 aliphatic carbocycles. The van der Waals surface area contributed by atoms with Crippen molar-refractivity contribution in [3.63, 3.8) is 0 Å². The predicted molar refractivity (Wildman–Crippen MR) is 119 cm³/mol. The van der Waals surface area contributed by atoms with E-state index in [2.05, 4.69) is 44.9 Å². The fraction of sp³-hybridized carbons (Fsp3) is 0.500. The number of guanidine groups is 1. The second kappa shape index (κ2) is 12.0. The van der Waals surface area contributed by atoms with Crippen LogP contribution >= 0.6 is 24.0 Å². The van der Waals surface area contributed by atoms with Gasteiger partial charge < -0.3 is 19.8 Å². The summed E-state index contributed by atoms with van der Waals surface area (Å²) in [6.07, 6.45) is 0.240. The molecular formula is C20H31IN4O2. The number of nitrogens with zero attached hydrogens (tertiary/aromatic N) is 2. The second-order valence-corrected chi connectivity index (χ2v) is 6.47. The molecule has 0 unspecified atom stereocenters. The van der Waals surface area contributed by atoms with E-state index in [0.717, 1.165) is 29.5 Å². The Morgan fingerprint density at radius 3 is 2.37 bits per heavy atom. The monoisotopic (exact) mass is 486 g/mol. The largest absolute Gasteiger partial charge is 0.444 e. The second-order valence-electron chi connectivity index (χ2n) is 6.47. The summed E-state index contributed by atoms with van der Waals surface area (Å²) in [6.45, 7) is 12.5. The molecule has 150 valence electrons. The molecule has 0 saturated heterocycles. The molecule has 0 saturated carbocycles. The Balaban J connectivity index is 0.00000364. The molecule has 6 nitrogen and oxygen atoms in total. The Labute approximate surface area is 179 Å². The topological polar surface area (TPSA) is 71.7 Å².